The van der Waals surface area contributed by atoms with Crippen molar-refractivity contribution in [3.8, 4) is 6.07 Å². The molecule has 1 unspecified atom stereocenters. The molecular weight excluding hydrogens is 136 g/mol. The molecule has 2 nitrogen and oxygen atoms in total. The Morgan fingerprint density at radius 3 is 2.00 bits per heavy atom. The van der Waals surface area contributed by atoms with Gasteiger partial charge in [0.05, 0.1) is 12.1 Å². The Balaban J connectivity index is 3.78. The summed E-state index contributed by atoms with van der Waals surface area (Å²) < 4.78 is 0. The summed E-state index contributed by atoms with van der Waals surface area (Å²) in [6.07, 6.45) is 2.26. The molecule has 2 heteroatoms. The highest BCUT2D eigenvalue weighted by Gasteiger charge is 2.09. The molecule has 0 saturated heterocycles. The van der Waals surface area contributed by atoms with Crippen LogP contribution in [-0.4, -0.2) is 24.0 Å². The van der Waals surface area contributed by atoms with Gasteiger partial charge >= 0.3 is 0 Å². The third-order valence-electron chi connectivity index (χ3n) is 1.76. The maximum Gasteiger partial charge on any atom is 0.0949 e. The molecule has 0 aromatic heterocycles. The fourth-order valence-corrected chi connectivity index (χ4v) is 1.16. The van der Waals surface area contributed by atoms with E-state index < -0.39 is 0 Å². The lowest BCUT2D eigenvalue weighted by Crippen LogP contribution is -2.33. The quantitative estimate of drug-likeness (QED) is 0.605. The van der Waals surface area contributed by atoms with Crippen LogP contribution in [0.4, 0.5) is 0 Å². The smallest absolute Gasteiger partial charge is 0.0949 e. The van der Waals surface area contributed by atoms with Crippen LogP contribution in [0.25, 0.3) is 0 Å². The van der Waals surface area contributed by atoms with Gasteiger partial charge in [0, 0.05) is 0 Å². The van der Waals surface area contributed by atoms with Gasteiger partial charge in [-0.2, -0.15) is 5.26 Å². The van der Waals surface area contributed by atoms with E-state index in [0.717, 1.165) is 25.9 Å². The molecule has 0 heterocycles. The van der Waals surface area contributed by atoms with Crippen molar-refractivity contribution in [2.24, 2.45) is 0 Å². The molecule has 0 bridgehead atoms. The third-order valence-corrected chi connectivity index (χ3v) is 1.76. The average Bonchev–Trinajstić information content (AvgIpc) is 2.03. The van der Waals surface area contributed by atoms with E-state index >= 15 is 0 Å². The van der Waals surface area contributed by atoms with Gasteiger partial charge in [-0.05, 0) is 32.9 Å². The van der Waals surface area contributed by atoms with Gasteiger partial charge in [-0.25, -0.2) is 0 Å². The van der Waals surface area contributed by atoms with Gasteiger partial charge in [-0.1, -0.05) is 13.8 Å². The minimum Gasteiger partial charge on any atom is -0.288 e. The van der Waals surface area contributed by atoms with Gasteiger partial charge in [0.15, 0.2) is 0 Å². The van der Waals surface area contributed by atoms with Crippen molar-refractivity contribution in [3.05, 3.63) is 0 Å². The fraction of sp³-hybridized carbons (Fsp3) is 0.889. The first-order chi connectivity index (χ1) is 5.26. The molecule has 0 radical (unpaired) electrons. The van der Waals surface area contributed by atoms with Crippen LogP contribution in [0.2, 0.25) is 0 Å². The fourth-order valence-electron chi connectivity index (χ4n) is 1.16. The van der Waals surface area contributed by atoms with Crippen molar-refractivity contribution in [2.75, 3.05) is 13.1 Å². The van der Waals surface area contributed by atoms with Crippen molar-refractivity contribution < 1.29 is 0 Å². The summed E-state index contributed by atoms with van der Waals surface area (Å²) in [6, 6.07) is 2.34. The Bertz CT molecular complexity index is 120. The van der Waals surface area contributed by atoms with E-state index in [0.29, 0.717) is 0 Å². The van der Waals surface area contributed by atoms with Gasteiger partial charge in [0.2, 0.25) is 0 Å². The van der Waals surface area contributed by atoms with Gasteiger partial charge in [0.25, 0.3) is 0 Å². The molecule has 0 aromatic carbocycles. The average molecular weight is 154 g/mol. The summed E-state index contributed by atoms with van der Waals surface area (Å²) in [7, 11) is 0. The first kappa shape index (κ1) is 10.4. The molecule has 0 saturated carbocycles. The molecule has 11 heavy (non-hydrogen) atoms. The Kier molecular flexibility index (Phi) is 5.87. The Morgan fingerprint density at radius 2 is 1.73 bits per heavy atom. The molecule has 0 amide bonds. The summed E-state index contributed by atoms with van der Waals surface area (Å²) in [5.41, 5.74) is 0. The van der Waals surface area contributed by atoms with E-state index in [-0.39, 0.29) is 6.04 Å². The number of hydrogen-bond donors (Lipinski definition) is 0. The van der Waals surface area contributed by atoms with Crippen LogP contribution in [-0.2, 0) is 0 Å². The van der Waals surface area contributed by atoms with Crippen LogP contribution >= 0.6 is 0 Å². The number of rotatable bonds is 5. The summed E-state index contributed by atoms with van der Waals surface area (Å²) in [6.45, 7) is 8.34. The minimum atomic E-state index is 0.0786. The van der Waals surface area contributed by atoms with Crippen molar-refractivity contribution >= 4 is 0 Å². The highest BCUT2D eigenvalue weighted by atomic mass is 15.1. The maximum atomic E-state index is 8.67. The topological polar surface area (TPSA) is 27.0 Å². The molecule has 0 N–H and O–H groups in total. The number of nitrogens with zero attached hydrogens (tertiary/aromatic N) is 2. The van der Waals surface area contributed by atoms with Crippen molar-refractivity contribution in [1.82, 2.24) is 4.90 Å². The van der Waals surface area contributed by atoms with Crippen LogP contribution in [0.3, 0.4) is 0 Å². The third kappa shape index (κ3) is 4.00. The summed E-state index contributed by atoms with van der Waals surface area (Å²) in [5, 5.41) is 8.67. The van der Waals surface area contributed by atoms with E-state index in [9.17, 15) is 0 Å². The largest absolute Gasteiger partial charge is 0.288 e. The zero-order chi connectivity index (χ0) is 8.69. The van der Waals surface area contributed by atoms with Crippen LogP contribution < -0.4 is 0 Å². The van der Waals surface area contributed by atoms with E-state index in [4.69, 9.17) is 5.26 Å². The molecule has 0 aliphatic rings. The van der Waals surface area contributed by atoms with E-state index in [1.54, 1.807) is 0 Å². The molecular formula is C9H18N2. The first-order valence-electron chi connectivity index (χ1n) is 4.39. The highest BCUT2D eigenvalue weighted by molar-refractivity contribution is 4.87. The van der Waals surface area contributed by atoms with Crippen molar-refractivity contribution in [2.45, 2.75) is 39.7 Å². The zero-order valence-corrected chi connectivity index (χ0v) is 7.80. The van der Waals surface area contributed by atoms with Gasteiger partial charge in [0.1, 0.15) is 0 Å². The molecule has 0 rings (SSSR count). The standard InChI is InChI=1S/C9H18N2/c1-4-6-11(7-5-2)9(3)8-10/h9H,4-7H2,1-3H3. The molecule has 0 aromatic rings. The molecule has 0 aliphatic carbocycles. The van der Waals surface area contributed by atoms with E-state index in [2.05, 4.69) is 24.8 Å². The second-order valence-corrected chi connectivity index (χ2v) is 2.84. The Labute approximate surface area is 69.8 Å². The summed E-state index contributed by atoms with van der Waals surface area (Å²) in [4.78, 5) is 2.22. The summed E-state index contributed by atoms with van der Waals surface area (Å²) >= 11 is 0. The highest BCUT2D eigenvalue weighted by Crippen LogP contribution is 2.00. The minimum absolute atomic E-state index is 0.0786. The van der Waals surface area contributed by atoms with Gasteiger partial charge in [-0.15, -0.1) is 0 Å². The second kappa shape index (κ2) is 6.18. The molecule has 0 fully saturated rings. The zero-order valence-electron chi connectivity index (χ0n) is 7.80. The number of hydrogen-bond acceptors (Lipinski definition) is 2. The Hall–Kier alpha value is -0.550. The van der Waals surface area contributed by atoms with Gasteiger partial charge in [-0.3, -0.25) is 4.90 Å². The van der Waals surface area contributed by atoms with Gasteiger partial charge < -0.3 is 0 Å². The van der Waals surface area contributed by atoms with Crippen LogP contribution in [0, 0.1) is 11.3 Å². The van der Waals surface area contributed by atoms with Crippen molar-refractivity contribution in [1.29, 1.82) is 5.26 Å². The van der Waals surface area contributed by atoms with Crippen molar-refractivity contribution in [3.63, 3.8) is 0 Å². The summed E-state index contributed by atoms with van der Waals surface area (Å²) in [5.74, 6) is 0. The predicted octanol–water partition coefficient (Wildman–Crippen LogP) is 2.02. The second-order valence-electron chi connectivity index (χ2n) is 2.84. The van der Waals surface area contributed by atoms with Crippen LogP contribution in [0.15, 0.2) is 0 Å². The molecule has 0 spiro atoms. The van der Waals surface area contributed by atoms with E-state index in [1.165, 1.54) is 0 Å². The SMILES string of the molecule is CCCN(CCC)C(C)C#N. The molecule has 64 valence electrons. The van der Waals surface area contributed by atoms with E-state index in [1.807, 2.05) is 6.92 Å². The van der Waals surface area contributed by atoms with Crippen LogP contribution in [0.5, 0.6) is 0 Å². The maximum absolute atomic E-state index is 8.67. The molecule has 0 aliphatic heterocycles. The normalized spacial score (nSPS) is 13.0. The lowest BCUT2D eigenvalue weighted by Gasteiger charge is -2.22. The predicted molar refractivity (Wildman–Crippen MR) is 47.2 cm³/mol. The first-order valence-corrected chi connectivity index (χ1v) is 4.39. The lowest BCUT2D eigenvalue weighted by atomic mass is 10.2. The Morgan fingerprint density at radius 1 is 1.27 bits per heavy atom. The monoisotopic (exact) mass is 154 g/mol. The number of nitriles is 1. The lowest BCUT2D eigenvalue weighted by molar-refractivity contribution is 0.246. The molecule has 1 atom stereocenters. The van der Waals surface area contributed by atoms with Crippen LogP contribution in [0.1, 0.15) is 33.6 Å².